The van der Waals surface area contributed by atoms with Gasteiger partial charge in [0.1, 0.15) is 5.82 Å². The van der Waals surface area contributed by atoms with Crippen molar-refractivity contribution in [3.63, 3.8) is 0 Å². The molecular formula is C9H11N3O2. The van der Waals surface area contributed by atoms with E-state index >= 15 is 0 Å². The van der Waals surface area contributed by atoms with Crippen LogP contribution < -0.4 is 5.73 Å². The first-order valence-electron chi connectivity index (χ1n) is 4.03. The molecule has 0 aliphatic rings. The van der Waals surface area contributed by atoms with Gasteiger partial charge in [0.2, 0.25) is 0 Å². The van der Waals surface area contributed by atoms with Crippen molar-refractivity contribution >= 4 is 11.8 Å². The lowest BCUT2D eigenvalue weighted by Gasteiger charge is -2.01. The number of nitrogen functional groups attached to an aromatic ring is 1. The van der Waals surface area contributed by atoms with Gasteiger partial charge < -0.3 is 15.0 Å². The summed E-state index contributed by atoms with van der Waals surface area (Å²) in [7, 11) is 1.28. The molecule has 74 valence electrons. The minimum Gasteiger partial charge on any atom is -0.464 e. The van der Waals surface area contributed by atoms with Crippen molar-refractivity contribution in [2.24, 2.45) is 0 Å². The maximum atomic E-state index is 11.1. The summed E-state index contributed by atoms with van der Waals surface area (Å²) in [5.74, 6) is 2.22. The first-order valence-corrected chi connectivity index (χ1v) is 4.03. The number of terminal acetylenes is 1. The van der Waals surface area contributed by atoms with Gasteiger partial charge in [-0.3, -0.25) is 0 Å². The zero-order chi connectivity index (χ0) is 10.6. The summed E-state index contributed by atoms with van der Waals surface area (Å²) in [5, 5.41) is 0. The second kappa shape index (κ2) is 4.33. The second-order valence-electron chi connectivity index (χ2n) is 2.62. The van der Waals surface area contributed by atoms with E-state index in [0.717, 1.165) is 0 Å². The van der Waals surface area contributed by atoms with Crippen molar-refractivity contribution in [1.29, 1.82) is 0 Å². The van der Waals surface area contributed by atoms with E-state index in [2.05, 4.69) is 15.6 Å². The second-order valence-corrected chi connectivity index (χ2v) is 2.62. The number of hydrogen-bond donors (Lipinski definition) is 1. The Balaban J connectivity index is 2.86. The Hall–Kier alpha value is -1.96. The fraction of sp³-hybridized carbons (Fsp3) is 0.333. The van der Waals surface area contributed by atoms with Gasteiger partial charge in [-0.05, 0) is 0 Å². The van der Waals surface area contributed by atoms with Crippen LogP contribution in [0.25, 0.3) is 0 Å². The number of ether oxygens (including phenoxy) is 1. The van der Waals surface area contributed by atoms with Crippen LogP contribution in [0, 0.1) is 12.3 Å². The molecule has 5 heteroatoms. The van der Waals surface area contributed by atoms with Crippen LogP contribution in [0.4, 0.5) is 5.82 Å². The highest BCUT2D eigenvalue weighted by Crippen LogP contribution is 2.11. The maximum absolute atomic E-state index is 11.1. The molecule has 1 aromatic rings. The number of carbonyl (C=O) groups excluding carboxylic acids is 1. The standard InChI is InChI=1S/C9H11N3O2/c1-3-4-5-12-6-11-7(8(12)10)9(13)14-2/h1,6H,4-5,10H2,2H3. The van der Waals surface area contributed by atoms with Crippen LogP contribution in [0.15, 0.2) is 6.33 Å². The van der Waals surface area contributed by atoms with Crippen molar-refractivity contribution in [3.8, 4) is 12.3 Å². The summed E-state index contributed by atoms with van der Waals surface area (Å²) in [6.07, 6.45) is 7.12. The first-order chi connectivity index (χ1) is 6.70. The number of hydrogen-bond acceptors (Lipinski definition) is 4. The molecule has 0 aromatic carbocycles. The molecule has 14 heavy (non-hydrogen) atoms. The van der Waals surface area contributed by atoms with Crippen molar-refractivity contribution in [3.05, 3.63) is 12.0 Å². The Morgan fingerprint density at radius 3 is 3.14 bits per heavy atom. The topological polar surface area (TPSA) is 70.1 Å². The van der Waals surface area contributed by atoms with E-state index in [9.17, 15) is 4.79 Å². The number of rotatable bonds is 3. The van der Waals surface area contributed by atoms with Gasteiger partial charge in [0.05, 0.1) is 13.4 Å². The van der Waals surface area contributed by atoms with Crippen LogP contribution in [0.1, 0.15) is 16.9 Å². The molecule has 0 saturated carbocycles. The molecule has 0 fully saturated rings. The van der Waals surface area contributed by atoms with Gasteiger partial charge in [0, 0.05) is 13.0 Å². The highest BCUT2D eigenvalue weighted by Gasteiger charge is 2.15. The van der Waals surface area contributed by atoms with Crippen molar-refractivity contribution in [2.45, 2.75) is 13.0 Å². The number of methoxy groups -OCH3 is 1. The van der Waals surface area contributed by atoms with Crippen LogP contribution in [0.5, 0.6) is 0 Å². The molecule has 0 spiro atoms. The number of carbonyl (C=O) groups is 1. The monoisotopic (exact) mass is 193 g/mol. The lowest BCUT2D eigenvalue weighted by atomic mass is 10.4. The number of nitrogens with two attached hydrogens (primary N) is 1. The van der Waals surface area contributed by atoms with E-state index < -0.39 is 5.97 Å². The van der Waals surface area contributed by atoms with E-state index in [-0.39, 0.29) is 11.5 Å². The third kappa shape index (κ3) is 1.85. The smallest absolute Gasteiger partial charge is 0.360 e. The van der Waals surface area contributed by atoms with E-state index in [0.29, 0.717) is 13.0 Å². The highest BCUT2D eigenvalue weighted by molar-refractivity contribution is 5.91. The van der Waals surface area contributed by atoms with Crippen molar-refractivity contribution in [1.82, 2.24) is 9.55 Å². The minimum absolute atomic E-state index is 0.129. The quantitative estimate of drug-likeness (QED) is 0.552. The third-order valence-corrected chi connectivity index (χ3v) is 1.75. The average Bonchev–Trinajstić information content (AvgIpc) is 2.56. The zero-order valence-corrected chi connectivity index (χ0v) is 7.86. The summed E-state index contributed by atoms with van der Waals surface area (Å²) in [6, 6.07) is 0. The fourth-order valence-corrected chi connectivity index (χ4v) is 1.01. The molecular weight excluding hydrogens is 182 g/mol. The van der Waals surface area contributed by atoms with Crippen molar-refractivity contribution < 1.29 is 9.53 Å². The van der Waals surface area contributed by atoms with Crippen LogP contribution >= 0.6 is 0 Å². The molecule has 0 atom stereocenters. The predicted octanol–water partition coefficient (Wildman–Crippen LogP) is 0.275. The van der Waals surface area contributed by atoms with Gasteiger partial charge in [-0.25, -0.2) is 9.78 Å². The summed E-state index contributed by atoms with van der Waals surface area (Å²) in [4.78, 5) is 14.9. The maximum Gasteiger partial charge on any atom is 0.360 e. The predicted molar refractivity (Wildman–Crippen MR) is 51.4 cm³/mol. The summed E-state index contributed by atoms with van der Waals surface area (Å²) < 4.78 is 6.12. The normalized spacial score (nSPS) is 9.43. The van der Waals surface area contributed by atoms with E-state index in [1.165, 1.54) is 13.4 Å². The Bertz CT molecular complexity index is 376. The third-order valence-electron chi connectivity index (χ3n) is 1.75. The largest absolute Gasteiger partial charge is 0.464 e. The van der Waals surface area contributed by atoms with Crippen LogP contribution in [0.3, 0.4) is 0 Å². The molecule has 0 aliphatic carbocycles. The van der Waals surface area contributed by atoms with E-state index in [1.54, 1.807) is 4.57 Å². The van der Waals surface area contributed by atoms with Gasteiger partial charge in [-0.2, -0.15) is 0 Å². The van der Waals surface area contributed by atoms with E-state index in [1.807, 2.05) is 0 Å². The Labute approximate surface area is 81.9 Å². The number of imidazole rings is 1. The molecule has 1 aromatic heterocycles. The molecule has 0 radical (unpaired) electrons. The van der Waals surface area contributed by atoms with Gasteiger partial charge in [0.25, 0.3) is 0 Å². The number of anilines is 1. The molecule has 1 heterocycles. The molecule has 0 amide bonds. The summed E-state index contributed by atoms with van der Waals surface area (Å²) >= 11 is 0. The first kappa shape index (κ1) is 10.1. The highest BCUT2D eigenvalue weighted by atomic mass is 16.5. The van der Waals surface area contributed by atoms with Gasteiger partial charge in [0.15, 0.2) is 5.69 Å². The lowest BCUT2D eigenvalue weighted by molar-refractivity contribution is 0.0596. The number of aromatic nitrogens is 2. The zero-order valence-electron chi connectivity index (χ0n) is 7.86. The molecule has 2 N–H and O–H groups in total. The van der Waals surface area contributed by atoms with Crippen LogP contribution in [-0.2, 0) is 11.3 Å². The average molecular weight is 193 g/mol. The molecule has 0 unspecified atom stereocenters. The van der Waals surface area contributed by atoms with Gasteiger partial charge in [-0.1, -0.05) is 0 Å². The molecule has 1 rings (SSSR count). The summed E-state index contributed by atoms with van der Waals surface area (Å²) in [6.45, 7) is 0.548. The van der Waals surface area contributed by atoms with Crippen LogP contribution in [0.2, 0.25) is 0 Å². The molecule has 0 bridgehead atoms. The Morgan fingerprint density at radius 2 is 2.57 bits per heavy atom. The fourth-order valence-electron chi connectivity index (χ4n) is 1.01. The number of esters is 1. The Kier molecular flexibility index (Phi) is 3.13. The Morgan fingerprint density at radius 1 is 1.86 bits per heavy atom. The van der Waals surface area contributed by atoms with Gasteiger partial charge >= 0.3 is 5.97 Å². The van der Waals surface area contributed by atoms with Gasteiger partial charge in [-0.15, -0.1) is 12.3 Å². The molecule has 0 aliphatic heterocycles. The minimum atomic E-state index is -0.540. The lowest BCUT2D eigenvalue weighted by Crippen LogP contribution is -2.08. The number of nitrogens with zero attached hydrogens (tertiary/aromatic N) is 2. The molecule has 5 nitrogen and oxygen atoms in total. The summed E-state index contributed by atoms with van der Waals surface area (Å²) in [5.41, 5.74) is 5.78. The SMILES string of the molecule is C#CCCn1cnc(C(=O)OC)c1N. The number of aryl methyl sites for hydroxylation is 1. The van der Waals surface area contributed by atoms with Crippen LogP contribution in [-0.4, -0.2) is 22.6 Å². The van der Waals surface area contributed by atoms with E-state index in [4.69, 9.17) is 12.2 Å². The molecule has 0 saturated heterocycles. The van der Waals surface area contributed by atoms with Crippen molar-refractivity contribution in [2.75, 3.05) is 12.8 Å².